The summed E-state index contributed by atoms with van der Waals surface area (Å²) in [6.07, 6.45) is 0.139. The Morgan fingerprint density at radius 2 is 1.74 bits per heavy atom. The molecule has 6 nitrogen and oxygen atoms in total. The molecule has 35 heavy (non-hydrogen) atoms. The molecular weight excluding hydrogens is 466 g/mol. The summed E-state index contributed by atoms with van der Waals surface area (Å²) in [5.41, 5.74) is 1.95. The second-order valence-corrected chi connectivity index (χ2v) is 9.31. The van der Waals surface area contributed by atoms with Gasteiger partial charge in [0.05, 0.1) is 6.42 Å². The third-order valence-corrected chi connectivity index (χ3v) is 6.35. The number of carbonyl (C=O) groups excluding carboxylic acids is 2. The molecular formula is C28H26ClNO5. The van der Waals surface area contributed by atoms with Gasteiger partial charge in [-0.05, 0) is 46.9 Å². The van der Waals surface area contributed by atoms with Crippen molar-refractivity contribution < 1.29 is 18.7 Å². The summed E-state index contributed by atoms with van der Waals surface area (Å²) in [5.74, 6) is -1.05. The van der Waals surface area contributed by atoms with Gasteiger partial charge < -0.3 is 14.5 Å². The molecule has 3 aromatic carbocycles. The summed E-state index contributed by atoms with van der Waals surface area (Å²) in [6, 6.07) is 17.5. The van der Waals surface area contributed by atoms with E-state index < -0.39 is 17.6 Å². The molecule has 0 radical (unpaired) electrons. The van der Waals surface area contributed by atoms with Crippen molar-refractivity contribution in [2.24, 2.45) is 5.92 Å². The summed E-state index contributed by atoms with van der Waals surface area (Å²) in [6.45, 7) is 5.32. The lowest BCUT2D eigenvalue weighted by Crippen LogP contribution is -2.45. The van der Waals surface area contributed by atoms with E-state index in [4.69, 9.17) is 20.8 Å². The van der Waals surface area contributed by atoms with Gasteiger partial charge in [-0.1, -0.05) is 67.9 Å². The lowest BCUT2D eigenvalue weighted by Gasteiger charge is -2.21. The van der Waals surface area contributed by atoms with Crippen LogP contribution in [0, 0.1) is 12.8 Å². The van der Waals surface area contributed by atoms with Gasteiger partial charge in [-0.2, -0.15) is 0 Å². The van der Waals surface area contributed by atoms with Crippen molar-refractivity contribution in [3.05, 3.63) is 92.8 Å². The topological polar surface area (TPSA) is 85.6 Å². The smallest absolute Gasteiger partial charge is 0.336 e. The minimum Gasteiger partial charge on any atom is -0.459 e. The Labute approximate surface area is 207 Å². The fourth-order valence-corrected chi connectivity index (χ4v) is 4.21. The zero-order valence-electron chi connectivity index (χ0n) is 19.8. The first-order valence-electron chi connectivity index (χ1n) is 11.4. The van der Waals surface area contributed by atoms with Gasteiger partial charge in [0.15, 0.2) is 0 Å². The second-order valence-electron chi connectivity index (χ2n) is 8.90. The molecule has 0 aliphatic heterocycles. The van der Waals surface area contributed by atoms with Gasteiger partial charge >= 0.3 is 11.6 Å². The maximum atomic E-state index is 12.9. The molecule has 1 N–H and O–H groups in total. The predicted octanol–water partition coefficient (Wildman–Crippen LogP) is 5.33. The quantitative estimate of drug-likeness (QED) is 0.279. The fraction of sp³-hybridized carbons (Fsp3) is 0.250. The van der Waals surface area contributed by atoms with Crippen molar-refractivity contribution in [2.45, 2.75) is 39.8 Å². The molecule has 7 heteroatoms. The fourth-order valence-electron chi connectivity index (χ4n) is 4.05. The first-order valence-corrected chi connectivity index (χ1v) is 11.8. The minimum atomic E-state index is -0.838. The van der Waals surface area contributed by atoms with Crippen LogP contribution in [-0.4, -0.2) is 17.9 Å². The monoisotopic (exact) mass is 491 g/mol. The normalized spacial score (nSPS) is 12.1. The predicted molar refractivity (Wildman–Crippen MR) is 136 cm³/mol. The van der Waals surface area contributed by atoms with Crippen LogP contribution in [0.3, 0.4) is 0 Å². The highest BCUT2D eigenvalue weighted by Crippen LogP contribution is 2.26. The largest absolute Gasteiger partial charge is 0.459 e. The third-order valence-electron chi connectivity index (χ3n) is 5.95. The molecule has 0 spiro atoms. The van der Waals surface area contributed by atoms with E-state index in [-0.39, 0.29) is 24.9 Å². The van der Waals surface area contributed by atoms with Gasteiger partial charge in [-0.25, -0.2) is 9.59 Å². The summed E-state index contributed by atoms with van der Waals surface area (Å²) in [7, 11) is 0. The molecule has 4 rings (SSSR count). The standard InChI is InChI=1S/C28H26ClNO5/c1-16(2)27(30-25(31)12-19-9-6-8-18-7-4-5-10-21(18)19)28(33)34-15-20-13-26(32)35-24-11-17(3)23(29)14-22(20)24/h4-11,13-14,16,27H,12,15H2,1-3H3,(H,30,31)/t27-/m0/s1. The van der Waals surface area contributed by atoms with E-state index in [1.54, 1.807) is 12.1 Å². The minimum absolute atomic E-state index is 0.139. The molecule has 0 aliphatic carbocycles. The molecule has 0 bridgehead atoms. The van der Waals surface area contributed by atoms with Gasteiger partial charge in [0.2, 0.25) is 5.91 Å². The van der Waals surface area contributed by atoms with Crippen LogP contribution in [0.15, 0.2) is 69.9 Å². The van der Waals surface area contributed by atoms with E-state index in [1.807, 2.05) is 63.2 Å². The van der Waals surface area contributed by atoms with Crippen LogP contribution in [0.2, 0.25) is 5.02 Å². The molecule has 1 atom stereocenters. The van der Waals surface area contributed by atoms with E-state index in [0.29, 0.717) is 21.6 Å². The zero-order chi connectivity index (χ0) is 25.1. The van der Waals surface area contributed by atoms with Gasteiger partial charge in [-0.15, -0.1) is 0 Å². The van der Waals surface area contributed by atoms with E-state index in [0.717, 1.165) is 21.9 Å². The van der Waals surface area contributed by atoms with Crippen LogP contribution < -0.4 is 10.9 Å². The average Bonchev–Trinajstić information content (AvgIpc) is 2.82. The highest BCUT2D eigenvalue weighted by Gasteiger charge is 2.26. The lowest BCUT2D eigenvalue weighted by atomic mass is 10.0. The van der Waals surface area contributed by atoms with Crippen molar-refractivity contribution in [1.29, 1.82) is 0 Å². The molecule has 1 heterocycles. The molecule has 0 saturated heterocycles. The Morgan fingerprint density at radius 1 is 1.00 bits per heavy atom. The molecule has 0 aliphatic rings. The van der Waals surface area contributed by atoms with Crippen molar-refractivity contribution in [2.75, 3.05) is 0 Å². The third kappa shape index (κ3) is 5.54. The summed E-state index contributed by atoms with van der Waals surface area (Å²) in [5, 5.41) is 5.97. The number of carbonyl (C=O) groups is 2. The first-order chi connectivity index (χ1) is 16.7. The van der Waals surface area contributed by atoms with Crippen molar-refractivity contribution in [3.63, 3.8) is 0 Å². The summed E-state index contributed by atoms with van der Waals surface area (Å²) < 4.78 is 10.8. The van der Waals surface area contributed by atoms with Crippen LogP contribution in [0.4, 0.5) is 0 Å². The molecule has 0 fully saturated rings. The van der Waals surface area contributed by atoms with E-state index in [2.05, 4.69) is 5.32 Å². The highest BCUT2D eigenvalue weighted by molar-refractivity contribution is 6.32. The van der Waals surface area contributed by atoms with Gasteiger partial charge in [0.1, 0.15) is 18.2 Å². The van der Waals surface area contributed by atoms with Crippen LogP contribution in [0.5, 0.6) is 0 Å². The van der Waals surface area contributed by atoms with Crippen LogP contribution in [0.1, 0.15) is 30.5 Å². The Morgan fingerprint density at radius 3 is 2.51 bits per heavy atom. The number of nitrogens with one attached hydrogen (secondary N) is 1. The zero-order valence-corrected chi connectivity index (χ0v) is 20.5. The average molecular weight is 492 g/mol. The Hall–Kier alpha value is -3.64. The molecule has 1 aromatic heterocycles. The van der Waals surface area contributed by atoms with Crippen LogP contribution in [-0.2, 0) is 27.4 Å². The number of hydrogen-bond donors (Lipinski definition) is 1. The lowest BCUT2D eigenvalue weighted by molar-refractivity contribution is -0.150. The number of amides is 1. The van der Waals surface area contributed by atoms with Crippen molar-refractivity contribution >= 4 is 45.2 Å². The van der Waals surface area contributed by atoms with Crippen LogP contribution in [0.25, 0.3) is 21.7 Å². The van der Waals surface area contributed by atoms with Crippen molar-refractivity contribution in [3.8, 4) is 0 Å². The van der Waals surface area contributed by atoms with E-state index >= 15 is 0 Å². The Kier molecular flexibility index (Phi) is 7.22. The number of ether oxygens (including phenoxy) is 1. The van der Waals surface area contributed by atoms with E-state index in [1.165, 1.54) is 6.07 Å². The number of aryl methyl sites for hydroxylation is 1. The number of fused-ring (bicyclic) bond motifs is 2. The van der Waals surface area contributed by atoms with Gasteiger partial charge in [-0.3, -0.25) is 4.79 Å². The molecule has 180 valence electrons. The SMILES string of the molecule is Cc1cc2oc(=O)cc(COC(=O)[C@@H](NC(=O)Cc3cccc4ccccc34)C(C)C)c2cc1Cl. The van der Waals surface area contributed by atoms with Gasteiger partial charge in [0, 0.05) is 22.0 Å². The number of hydrogen-bond acceptors (Lipinski definition) is 5. The molecule has 0 saturated carbocycles. The molecule has 0 unspecified atom stereocenters. The number of rotatable bonds is 7. The highest BCUT2D eigenvalue weighted by atomic mass is 35.5. The molecule has 4 aromatic rings. The summed E-state index contributed by atoms with van der Waals surface area (Å²) in [4.78, 5) is 37.8. The second kappa shape index (κ2) is 10.3. The Bertz CT molecular complexity index is 1470. The van der Waals surface area contributed by atoms with Crippen LogP contribution >= 0.6 is 11.6 Å². The van der Waals surface area contributed by atoms with Crippen molar-refractivity contribution in [1.82, 2.24) is 5.32 Å². The van der Waals surface area contributed by atoms with Gasteiger partial charge in [0.25, 0.3) is 0 Å². The van der Waals surface area contributed by atoms with E-state index in [9.17, 15) is 14.4 Å². The number of esters is 1. The maximum Gasteiger partial charge on any atom is 0.336 e. The number of halogens is 1. The maximum absolute atomic E-state index is 12.9. The Balaban J connectivity index is 1.48. The molecule has 1 amide bonds. The summed E-state index contributed by atoms with van der Waals surface area (Å²) >= 11 is 6.24. The first kappa shape index (κ1) is 24.5. The number of benzene rings is 3.